The number of phenolic OH excluding ortho intramolecular Hbond substituents is 1. The normalized spacial score (nSPS) is 23.4. The first-order valence-electron chi connectivity index (χ1n) is 13.1. The van der Waals surface area contributed by atoms with Crippen LogP contribution in [0.25, 0.3) is 11.0 Å². The van der Waals surface area contributed by atoms with E-state index in [9.17, 15) is 14.7 Å². The number of epoxide rings is 1. The third kappa shape index (κ3) is 5.00. The van der Waals surface area contributed by atoms with Gasteiger partial charge in [0.15, 0.2) is 11.0 Å². The first-order chi connectivity index (χ1) is 18.4. The zero-order chi connectivity index (χ0) is 28.1. The maximum Gasteiger partial charge on any atom is 0.341 e. The first-order valence-corrected chi connectivity index (χ1v) is 13.1. The molecule has 0 spiro atoms. The van der Waals surface area contributed by atoms with Crippen LogP contribution in [-0.2, 0) is 27.1 Å². The summed E-state index contributed by atoms with van der Waals surface area (Å²) < 4.78 is 24.0. The average molecular weight is 538 g/mol. The third-order valence-corrected chi connectivity index (χ3v) is 7.63. The molecule has 0 unspecified atom stereocenters. The number of ether oxygens (including phenoxy) is 3. The smallest absolute Gasteiger partial charge is 0.341 e. The van der Waals surface area contributed by atoms with Crippen LogP contribution in [-0.4, -0.2) is 48.1 Å². The Hall–Kier alpha value is -3.44. The summed E-state index contributed by atoms with van der Waals surface area (Å²) in [6.45, 7) is 5.84. The Balaban J connectivity index is 1.39. The SMILES string of the molecule is CNCC[C@@]1(C(=O)O[C@@H]2Cc3c(cc4oc(C)cc(=O)c4c3O)OC2(C)C)O[C@@H]1Cc1cccc(C(N)N)c1. The molecule has 2 aliphatic heterocycles. The highest BCUT2D eigenvalue weighted by Gasteiger charge is 2.63. The van der Waals surface area contributed by atoms with E-state index in [2.05, 4.69) is 5.32 Å². The van der Waals surface area contributed by atoms with Crippen molar-refractivity contribution in [1.82, 2.24) is 5.32 Å². The molecule has 1 saturated heterocycles. The Morgan fingerprint density at radius 3 is 2.74 bits per heavy atom. The van der Waals surface area contributed by atoms with Crippen LogP contribution in [0, 0.1) is 6.92 Å². The molecule has 10 nitrogen and oxygen atoms in total. The molecule has 0 radical (unpaired) electrons. The molecule has 0 aliphatic carbocycles. The summed E-state index contributed by atoms with van der Waals surface area (Å²) in [6.07, 6.45) is -0.643. The van der Waals surface area contributed by atoms with Crippen molar-refractivity contribution < 1.29 is 28.5 Å². The standard InChI is InChI=1S/C29H35N3O7/c1-15-10-19(33)24-21(36-15)14-20-18(25(24)34)13-22(28(2,3)38-20)37-27(35)29(8-9-32-4)23(39-29)12-16-6-5-7-17(11-16)26(30)31/h5-7,10-11,14,22-23,26,32,34H,8-9,12-13,30-31H2,1-4H3/t22-,23-,29-/m1/s1. The molecule has 1 fully saturated rings. The van der Waals surface area contributed by atoms with Gasteiger partial charge in [-0.2, -0.15) is 0 Å². The van der Waals surface area contributed by atoms with Crippen molar-refractivity contribution in [3.05, 3.63) is 69.1 Å². The summed E-state index contributed by atoms with van der Waals surface area (Å²) in [6, 6.07) is 10.5. The van der Waals surface area contributed by atoms with Gasteiger partial charge in [-0.1, -0.05) is 24.3 Å². The zero-order valence-electron chi connectivity index (χ0n) is 22.6. The molecule has 0 amide bonds. The summed E-state index contributed by atoms with van der Waals surface area (Å²) in [7, 11) is 1.81. The van der Waals surface area contributed by atoms with Crippen LogP contribution in [0.5, 0.6) is 11.5 Å². The fraction of sp³-hybridized carbons (Fsp3) is 0.448. The van der Waals surface area contributed by atoms with Crippen LogP contribution in [0.1, 0.15) is 48.9 Å². The summed E-state index contributed by atoms with van der Waals surface area (Å²) in [5.74, 6) is 0.0953. The van der Waals surface area contributed by atoms with Gasteiger partial charge in [-0.15, -0.1) is 0 Å². The van der Waals surface area contributed by atoms with Crippen LogP contribution < -0.4 is 26.9 Å². The molecule has 3 atom stereocenters. The van der Waals surface area contributed by atoms with E-state index in [1.54, 1.807) is 13.0 Å². The van der Waals surface area contributed by atoms with E-state index in [1.165, 1.54) is 6.07 Å². The van der Waals surface area contributed by atoms with Crippen molar-refractivity contribution >= 4 is 16.9 Å². The highest BCUT2D eigenvalue weighted by atomic mass is 16.7. The van der Waals surface area contributed by atoms with Gasteiger partial charge in [0.05, 0.1) is 6.17 Å². The molecule has 0 saturated carbocycles. The van der Waals surface area contributed by atoms with E-state index in [4.69, 9.17) is 30.1 Å². The van der Waals surface area contributed by atoms with Crippen LogP contribution in [0.4, 0.5) is 0 Å². The number of benzene rings is 2. The van der Waals surface area contributed by atoms with Crippen molar-refractivity contribution in [2.45, 2.75) is 69.6 Å². The molecule has 6 N–H and O–H groups in total. The lowest BCUT2D eigenvalue weighted by atomic mass is 9.89. The van der Waals surface area contributed by atoms with Crippen LogP contribution in [0.2, 0.25) is 0 Å². The van der Waals surface area contributed by atoms with Crippen molar-refractivity contribution in [3.8, 4) is 11.5 Å². The second-order valence-electron chi connectivity index (χ2n) is 10.9. The molecule has 0 bridgehead atoms. The minimum atomic E-state index is -1.12. The minimum Gasteiger partial charge on any atom is -0.507 e. The second kappa shape index (κ2) is 9.95. The Kier molecular flexibility index (Phi) is 6.92. The van der Waals surface area contributed by atoms with Gasteiger partial charge in [0.1, 0.15) is 46.0 Å². The number of nitrogens with one attached hydrogen (secondary N) is 1. The summed E-state index contributed by atoms with van der Waals surface area (Å²) in [5.41, 5.74) is 11.6. The fourth-order valence-corrected chi connectivity index (χ4v) is 5.30. The lowest BCUT2D eigenvalue weighted by molar-refractivity contribution is -0.167. The van der Waals surface area contributed by atoms with E-state index in [1.807, 2.05) is 45.2 Å². The topological polar surface area (TPSA) is 163 Å². The Morgan fingerprint density at radius 2 is 2.03 bits per heavy atom. The minimum absolute atomic E-state index is 0.0724. The average Bonchev–Trinajstić information content (AvgIpc) is 3.56. The summed E-state index contributed by atoms with van der Waals surface area (Å²) in [5, 5.41) is 14.2. The number of aromatic hydroxyl groups is 1. The van der Waals surface area contributed by atoms with Gasteiger partial charge in [-0.05, 0) is 45.5 Å². The van der Waals surface area contributed by atoms with Gasteiger partial charge < -0.3 is 40.5 Å². The number of carbonyl (C=O) groups excluding carboxylic acids is 1. The number of aryl methyl sites for hydroxylation is 1. The zero-order valence-corrected chi connectivity index (χ0v) is 22.6. The van der Waals surface area contributed by atoms with Gasteiger partial charge in [0.2, 0.25) is 0 Å². The van der Waals surface area contributed by atoms with Gasteiger partial charge in [-0.25, -0.2) is 4.79 Å². The number of fused-ring (bicyclic) bond motifs is 2. The number of phenols is 1. The largest absolute Gasteiger partial charge is 0.507 e. The summed E-state index contributed by atoms with van der Waals surface area (Å²) >= 11 is 0. The van der Waals surface area contributed by atoms with E-state index in [0.29, 0.717) is 36.5 Å². The van der Waals surface area contributed by atoms with E-state index in [-0.39, 0.29) is 34.7 Å². The van der Waals surface area contributed by atoms with Crippen molar-refractivity contribution in [2.75, 3.05) is 13.6 Å². The number of hydrogen-bond acceptors (Lipinski definition) is 10. The Bertz CT molecular complexity index is 1480. The maximum absolute atomic E-state index is 13.7. The summed E-state index contributed by atoms with van der Waals surface area (Å²) in [4.78, 5) is 26.3. The third-order valence-electron chi connectivity index (χ3n) is 7.63. The maximum atomic E-state index is 13.7. The lowest BCUT2D eigenvalue weighted by Gasteiger charge is -2.39. The number of nitrogens with two attached hydrogens (primary N) is 2. The van der Waals surface area contributed by atoms with Crippen LogP contribution in [0.15, 0.2) is 45.6 Å². The molecule has 3 aromatic rings. The van der Waals surface area contributed by atoms with Gasteiger partial charge in [-0.3, -0.25) is 4.79 Å². The molecule has 1 aromatic heterocycles. The molecule has 10 heteroatoms. The van der Waals surface area contributed by atoms with Crippen molar-refractivity contribution in [2.24, 2.45) is 11.5 Å². The Labute approximate surface area is 226 Å². The molecular formula is C29H35N3O7. The van der Waals surface area contributed by atoms with Crippen LogP contribution in [0.3, 0.4) is 0 Å². The van der Waals surface area contributed by atoms with Crippen molar-refractivity contribution in [3.63, 3.8) is 0 Å². The van der Waals surface area contributed by atoms with Gasteiger partial charge in [0, 0.05) is 37.0 Å². The highest BCUT2D eigenvalue weighted by molar-refractivity contribution is 5.87. The predicted octanol–water partition coefficient (Wildman–Crippen LogP) is 2.34. The molecule has 39 heavy (non-hydrogen) atoms. The Morgan fingerprint density at radius 1 is 1.26 bits per heavy atom. The quantitative estimate of drug-likeness (QED) is 0.191. The van der Waals surface area contributed by atoms with Crippen LogP contribution >= 0.6 is 0 Å². The number of carbonyl (C=O) groups is 1. The number of esters is 1. The molecule has 3 heterocycles. The van der Waals surface area contributed by atoms with E-state index < -0.39 is 29.4 Å². The highest BCUT2D eigenvalue weighted by Crippen LogP contribution is 2.46. The molecule has 5 rings (SSSR count). The first kappa shape index (κ1) is 27.1. The molecule has 2 aliphatic rings. The van der Waals surface area contributed by atoms with E-state index in [0.717, 1.165) is 11.1 Å². The van der Waals surface area contributed by atoms with Crippen molar-refractivity contribution in [1.29, 1.82) is 0 Å². The second-order valence-corrected chi connectivity index (χ2v) is 10.9. The fourth-order valence-electron chi connectivity index (χ4n) is 5.30. The molecule has 208 valence electrons. The molecule has 2 aromatic carbocycles. The predicted molar refractivity (Wildman–Crippen MR) is 145 cm³/mol. The monoisotopic (exact) mass is 537 g/mol. The van der Waals surface area contributed by atoms with Gasteiger partial charge in [0.25, 0.3) is 0 Å². The lowest BCUT2D eigenvalue weighted by Crippen LogP contribution is -2.50. The van der Waals surface area contributed by atoms with E-state index >= 15 is 0 Å². The molecular weight excluding hydrogens is 502 g/mol. The number of rotatable bonds is 8. The van der Waals surface area contributed by atoms with Gasteiger partial charge >= 0.3 is 5.97 Å². The number of hydrogen-bond donors (Lipinski definition) is 4.